The van der Waals surface area contributed by atoms with E-state index in [1.54, 1.807) is 13.4 Å². The molecule has 0 unspecified atom stereocenters. The fourth-order valence-corrected chi connectivity index (χ4v) is 1.74. The van der Waals surface area contributed by atoms with E-state index in [1.165, 1.54) is 9.25 Å². The molecule has 0 amide bonds. The third kappa shape index (κ3) is 2.45. The summed E-state index contributed by atoms with van der Waals surface area (Å²) < 4.78 is 3.01. The summed E-state index contributed by atoms with van der Waals surface area (Å²) in [6, 6.07) is 0. The second-order valence-electron chi connectivity index (χ2n) is 3.84. The van der Waals surface area contributed by atoms with Gasteiger partial charge in [0.05, 0.1) is 6.54 Å². The average molecular weight is 211 g/mol. The van der Waals surface area contributed by atoms with Gasteiger partial charge in [0.2, 0.25) is 0 Å². The van der Waals surface area contributed by atoms with E-state index >= 15 is 0 Å². The third-order valence-corrected chi connectivity index (χ3v) is 2.72. The van der Waals surface area contributed by atoms with Crippen molar-refractivity contribution >= 4 is 0 Å². The lowest BCUT2D eigenvalue weighted by atomic mass is 10.3. The lowest BCUT2D eigenvalue weighted by molar-refractivity contribution is 0.228. The van der Waals surface area contributed by atoms with Crippen LogP contribution in [0.1, 0.15) is 0 Å². The number of aryl methyl sites for hydroxylation is 1. The molecule has 1 fully saturated rings. The van der Waals surface area contributed by atoms with E-state index in [1.807, 2.05) is 0 Å². The largest absolute Gasteiger partial charge is 0.345 e. The molecule has 84 valence electrons. The third-order valence-electron chi connectivity index (χ3n) is 2.72. The Labute approximate surface area is 88.5 Å². The van der Waals surface area contributed by atoms with Crippen LogP contribution >= 0.6 is 0 Å². The van der Waals surface area contributed by atoms with Gasteiger partial charge in [-0.05, 0) is 0 Å². The molecule has 0 atom stereocenters. The molecule has 1 saturated heterocycles. The van der Waals surface area contributed by atoms with E-state index in [4.69, 9.17) is 0 Å². The van der Waals surface area contributed by atoms with Crippen molar-refractivity contribution in [3.8, 4) is 0 Å². The van der Waals surface area contributed by atoms with Crippen LogP contribution in [0.3, 0.4) is 0 Å². The Morgan fingerprint density at radius 3 is 2.73 bits per heavy atom. The average Bonchev–Trinajstić information content (AvgIpc) is 2.59. The smallest absolute Gasteiger partial charge is 0.314 e. The van der Waals surface area contributed by atoms with Gasteiger partial charge in [-0.15, -0.1) is 0 Å². The van der Waals surface area contributed by atoms with Crippen molar-refractivity contribution in [2.24, 2.45) is 7.05 Å². The van der Waals surface area contributed by atoms with Crippen LogP contribution in [0.2, 0.25) is 0 Å². The Balaban J connectivity index is 1.87. The highest BCUT2D eigenvalue weighted by Crippen LogP contribution is 1.92. The predicted molar refractivity (Wildman–Crippen MR) is 56.8 cm³/mol. The predicted octanol–water partition coefficient (Wildman–Crippen LogP) is -1.51. The minimum Gasteiger partial charge on any atom is -0.314 e. The van der Waals surface area contributed by atoms with Crippen molar-refractivity contribution < 1.29 is 0 Å². The maximum absolute atomic E-state index is 11.5. The van der Waals surface area contributed by atoms with E-state index in [0.717, 1.165) is 32.7 Å². The second-order valence-corrected chi connectivity index (χ2v) is 3.84. The summed E-state index contributed by atoms with van der Waals surface area (Å²) in [5.74, 6) is 0. The summed E-state index contributed by atoms with van der Waals surface area (Å²) in [6.45, 7) is 5.77. The van der Waals surface area contributed by atoms with Crippen LogP contribution < -0.4 is 11.0 Å². The lowest BCUT2D eigenvalue weighted by Gasteiger charge is -2.26. The number of aromatic nitrogens is 3. The maximum atomic E-state index is 11.5. The highest BCUT2D eigenvalue weighted by Gasteiger charge is 2.10. The van der Waals surface area contributed by atoms with Crippen molar-refractivity contribution in [1.29, 1.82) is 0 Å². The van der Waals surface area contributed by atoms with Crippen LogP contribution in [0, 0.1) is 0 Å². The summed E-state index contributed by atoms with van der Waals surface area (Å²) in [4.78, 5) is 13.8. The minimum atomic E-state index is -0.0369. The molecule has 1 N–H and O–H groups in total. The molecule has 0 saturated carbocycles. The number of hydrogen-bond donors (Lipinski definition) is 1. The van der Waals surface area contributed by atoms with E-state index in [9.17, 15) is 4.79 Å². The normalized spacial score (nSPS) is 18.2. The number of nitrogens with one attached hydrogen (secondary N) is 1. The van der Waals surface area contributed by atoms with Gasteiger partial charge in [-0.25, -0.2) is 9.48 Å². The molecule has 6 nitrogen and oxygen atoms in total. The van der Waals surface area contributed by atoms with Crippen LogP contribution in [0.25, 0.3) is 0 Å². The van der Waals surface area contributed by atoms with Crippen LogP contribution in [-0.2, 0) is 13.6 Å². The number of nitrogens with zero attached hydrogens (tertiary/aromatic N) is 4. The summed E-state index contributed by atoms with van der Waals surface area (Å²) in [5.41, 5.74) is -0.0369. The van der Waals surface area contributed by atoms with E-state index in [0.29, 0.717) is 6.54 Å². The first-order chi connectivity index (χ1) is 7.27. The Bertz CT molecular complexity index is 363. The SMILES string of the molecule is Cn1cnn(CCN2CCNCC2)c1=O. The summed E-state index contributed by atoms with van der Waals surface area (Å²) in [6.07, 6.45) is 1.56. The van der Waals surface area contributed by atoms with Gasteiger partial charge in [0.1, 0.15) is 6.33 Å². The molecule has 15 heavy (non-hydrogen) atoms. The van der Waals surface area contributed by atoms with Gasteiger partial charge in [-0.2, -0.15) is 5.10 Å². The van der Waals surface area contributed by atoms with Gasteiger partial charge in [-0.3, -0.25) is 9.47 Å². The Kier molecular flexibility index (Phi) is 3.17. The Morgan fingerprint density at radius 2 is 2.13 bits per heavy atom. The standard InChI is InChI=1S/C9H17N5O/c1-12-8-11-14(9(12)15)7-6-13-4-2-10-3-5-13/h8,10H,2-7H2,1H3. The van der Waals surface area contributed by atoms with E-state index in [-0.39, 0.29) is 5.69 Å². The molecule has 0 aliphatic carbocycles. The van der Waals surface area contributed by atoms with Crippen LogP contribution in [0.4, 0.5) is 0 Å². The summed E-state index contributed by atoms with van der Waals surface area (Å²) in [7, 11) is 1.72. The minimum absolute atomic E-state index is 0.0369. The maximum Gasteiger partial charge on any atom is 0.345 e. The zero-order valence-corrected chi connectivity index (χ0v) is 9.02. The van der Waals surface area contributed by atoms with Gasteiger partial charge in [-0.1, -0.05) is 0 Å². The Hall–Kier alpha value is -1.14. The molecular formula is C9H17N5O. The van der Waals surface area contributed by atoms with Gasteiger partial charge < -0.3 is 5.32 Å². The highest BCUT2D eigenvalue weighted by atomic mass is 16.2. The Morgan fingerprint density at radius 1 is 1.40 bits per heavy atom. The first-order valence-electron chi connectivity index (χ1n) is 5.29. The monoisotopic (exact) mass is 211 g/mol. The molecule has 6 heteroatoms. The van der Waals surface area contributed by atoms with E-state index < -0.39 is 0 Å². The van der Waals surface area contributed by atoms with E-state index in [2.05, 4.69) is 15.3 Å². The molecule has 1 aromatic rings. The van der Waals surface area contributed by atoms with Crippen molar-refractivity contribution in [2.45, 2.75) is 6.54 Å². The molecule has 0 radical (unpaired) electrons. The van der Waals surface area contributed by atoms with Gasteiger partial charge >= 0.3 is 5.69 Å². The number of hydrogen-bond acceptors (Lipinski definition) is 4. The van der Waals surface area contributed by atoms with Crippen molar-refractivity contribution in [2.75, 3.05) is 32.7 Å². The first kappa shape index (κ1) is 10.4. The number of piperazine rings is 1. The quantitative estimate of drug-likeness (QED) is 0.660. The van der Waals surface area contributed by atoms with Crippen LogP contribution in [0.15, 0.2) is 11.1 Å². The van der Waals surface area contributed by atoms with Crippen LogP contribution in [0.5, 0.6) is 0 Å². The molecule has 2 heterocycles. The fraction of sp³-hybridized carbons (Fsp3) is 0.778. The molecular weight excluding hydrogens is 194 g/mol. The van der Waals surface area contributed by atoms with Crippen molar-refractivity contribution in [3.63, 3.8) is 0 Å². The molecule has 0 aromatic carbocycles. The van der Waals surface area contributed by atoms with Gasteiger partial charge in [0.15, 0.2) is 0 Å². The van der Waals surface area contributed by atoms with Gasteiger partial charge in [0.25, 0.3) is 0 Å². The fourth-order valence-electron chi connectivity index (χ4n) is 1.74. The molecule has 1 aliphatic heterocycles. The molecule has 2 rings (SSSR count). The molecule has 0 spiro atoms. The molecule has 1 aromatic heterocycles. The number of rotatable bonds is 3. The highest BCUT2D eigenvalue weighted by molar-refractivity contribution is 4.70. The first-order valence-corrected chi connectivity index (χ1v) is 5.29. The lowest BCUT2D eigenvalue weighted by Crippen LogP contribution is -2.45. The van der Waals surface area contributed by atoms with Crippen LogP contribution in [-0.4, -0.2) is 52.0 Å². The van der Waals surface area contributed by atoms with Crippen molar-refractivity contribution in [1.82, 2.24) is 24.6 Å². The second kappa shape index (κ2) is 4.59. The zero-order valence-electron chi connectivity index (χ0n) is 9.02. The zero-order chi connectivity index (χ0) is 10.7. The van der Waals surface area contributed by atoms with Gasteiger partial charge in [0, 0.05) is 39.8 Å². The topological polar surface area (TPSA) is 55.1 Å². The summed E-state index contributed by atoms with van der Waals surface area (Å²) in [5, 5.41) is 7.32. The molecule has 1 aliphatic rings. The summed E-state index contributed by atoms with van der Waals surface area (Å²) >= 11 is 0. The molecule has 0 bridgehead atoms. The van der Waals surface area contributed by atoms with Crippen molar-refractivity contribution in [3.05, 3.63) is 16.8 Å².